The molecule has 0 atom stereocenters. The van der Waals surface area contributed by atoms with Crippen molar-refractivity contribution < 1.29 is 9.84 Å². The van der Waals surface area contributed by atoms with Gasteiger partial charge in [0, 0.05) is 11.1 Å². The monoisotopic (exact) mass is 262 g/mol. The molecular weight excluding hydrogens is 248 g/mol. The highest BCUT2D eigenvalue weighted by Gasteiger charge is 2.07. The summed E-state index contributed by atoms with van der Waals surface area (Å²) in [7, 11) is 0. The molecule has 3 heteroatoms. The van der Waals surface area contributed by atoms with Gasteiger partial charge in [0.05, 0.1) is 6.61 Å². The lowest BCUT2D eigenvalue weighted by molar-refractivity contribution is 0.270. The second-order valence-corrected chi connectivity index (χ2v) is 4.38. The Hall–Kier alpha value is -1.51. The molecular formula is C15H15ClO2. The lowest BCUT2D eigenvalue weighted by Gasteiger charge is -2.12. The molecule has 0 saturated carbocycles. The van der Waals surface area contributed by atoms with Gasteiger partial charge in [0.1, 0.15) is 12.4 Å². The van der Waals surface area contributed by atoms with Crippen LogP contribution in [0.3, 0.4) is 0 Å². The smallest absolute Gasteiger partial charge is 0.125 e. The molecule has 0 aliphatic rings. The number of hydrogen-bond donors (Lipinski definition) is 1. The van der Waals surface area contributed by atoms with Crippen molar-refractivity contribution >= 4 is 22.4 Å². The molecule has 18 heavy (non-hydrogen) atoms. The van der Waals surface area contributed by atoms with Crippen LogP contribution < -0.4 is 4.74 Å². The standard InChI is InChI=1S/C15H15ClO2/c1-11(8-16)10-18-15-7-6-12-4-2-3-5-13(12)14(15)9-17/h2-8,17H,9-10H2,1H3/b11-8-. The van der Waals surface area contributed by atoms with Crippen LogP contribution in [0.25, 0.3) is 10.8 Å². The maximum atomic E-state index is 9.52. The predicted octanol–water partition coefficient (Wildman–Crippen LogP) is 3.85. The molecule has 0 aromatic heterocycles. The molecule has 0 saturated heterocycles. The summed E-state index contributed by atoms with van der Waals surface area (Å²) in [5.41, 5.74) is 3.25. The first-order chi connectivity index (χ1) is 8.76. The zero-order valence-corrected chi connectivity index (χ0v) is 10.9. The van der Waals surface area contributed by atoms with E-state index in [1.807, 2.05) is 43.3 Å². The molecule has 0 heterocycles. The van der Waals surface area contributed by atoms with Crippen molar-refractivity contribution in [2.75, 3.05) is 6.61 Å². The summed E-state index contributed by atoms with van der Waals surface area (Å²) in [5.74, 6) is 0.703. The normalized spacial score (nSPS) is 11.8. The van der Waals surface area contributed by atoms with Crippen molar-refractivity contribution in [3.05, 3.63) is 53.1 Å². The molecule has 0 unspecified atom stereocenters. The van der Waals surface area contributed by atoms with E-state index >= 15 is 0 Å². The Morgan fingerprint density at radius 2 is 2.06 bits per heavy atom. The van der Waals surface area contributed by atoms with Crippen molar-refractivity contribution in [1.82, 2.24) is 0 Å². The van der Waals surface area contributed by atoms with E-state index in [9.17, 15) is 5.11 Å². The maximum absolute atomic E-state index is 9.52. The molecule has 2 nitrogen and oxygen atoms in total. The highest BCUT2D eigenvalue weighted by molar-refractivity contribution is 6.25. The van der Waals surface area contributed by atoms with Crippen molar-refractivity contribution in [3.63, 3.8) is 0 Å². The largest absolute Gasteiger partial charge is 0.489 e. The van der Waals surface area contributed by atoms with Gasteiger partial charge in [0.2, 0.25) is 0 Å². The molecule has 0 aliphatic heterocycles. The van der Waals surface area contributed by atoms with Gasteiger partial charge in [-0.05, 0) is 29.3 Å². The van der Waals surface area contributed by atoms with E-state index in [4.69, 9.17) is 16.3 Å². The first kappa shape index (κ1) is 12.9. The summed E-state index contributed by atoms with van der Waals surface area (Å²) in [6.45, 7) is 2.28. The first-order valence-electron chi connectivity index (χ1n) is 5.76. The summed E-state index contributed by atoms with van der Waals surface area (Å²) in [5, 5.41) is 11.6. The van der Waals surface area contributed by atoms with Crippen molar-refractivity contribution in [1.29, 1.82) is 0 Å². The third kappa shape index (κ3) is 2.66. The van der Waals surface area contributed by atoms with Gasteiger partial charge in [0.15, 0.2) is 0 Å². The zero-order chi connectivity index (χ0) is 13.0. The molecule has 94 valence electrons. The zero-order valence-electron chi connectivity index (χ0n) is 10.2. The van der Waals surface area contributed by atoms with Crippen molar-refractivity contribution in [3.8, 4) is 5.75 Å². The van der Waals surface area contributed by atoms with Crippen LogP contribution in [0.15, 0.2) is 47.5 Å². The van der Waals surface area contributed by atoms with Crippen LogP contribution in [-0.2, 0) is 6.61 Å². The number of rotatable bonds is 4. The van der Waals surface area contributed by atoms with Crippen LogP contribution in [0, 0.1) is 0 Å². The van der Waals surface area contributed by atoms with Gasteiger partial charge >= 0.3 is 0 Å². The maximum Gasteiger partial charge on any atom is 0.125 e. The lowest BCUT2D eigenvalue weighted by Crippen LogP contribution is -2.01. The number of halogens is 1. The van der Waals surface area contributed by atoms with Gasteiger partial charge in [-0.3, -0.25) is 0 Å². The molecule has 2 rings (SSSR count). The minimum absolute atomic E-state index is 0.0413. The number of hydrogen-bond acceptors (Lipinski definition) is 2. The SMILES string of the molecule is C/C(=C/Cl)COc1ccc2ccccc2c1CO. The van der Waals surface area contributed by atoms with Crippen LogP contribution in [0.1, 0.15) is 12.5 Å². The van der Waals surface area contributed by atoms with Gasteiger partial charge in [-0.15, -0.1) is 0 Å². The second-order valence-electron chi connectivity index (χ2n) is 4.17. The summed E-state index contributed by atoms with van der Waals surface area (Å²) in [4.78, 5) is 0. The Balaban J connectivity index is 2.38. The van der Waals surface area contributed by atoms with E-state index < -0.39 is 0 Å². The summed E-state index contributed by atoms with van der Waals surface area (Å²) >= 11 is 5.60. The highest BCUT2D eigenvalue weighted by atomic mass is 35.5. The number of fused-ring (bicyclic) bond motifs is 1. The predicted molar refractivity (Wildman–Crippen MR) is 75.0 cm³/mol. The molecule has 2 aromatic rings. The summed E-state index contributed by atoms with van der Waals surface area (Å²) < 4.78 is 5.68. The number of benzene rings is 2. The molecule has 0 fully saturated rings. The van der Waals surface area contributed by atoms with Gasteiger partial charge in [-0.2, -0.15) is 0 Å². The molecule has 0 spiro atoms. The molecule has 0 bridgehead atoms. The van der Waals surface area contributed by atoms with E-state index in [0.29, 0.717) is 12.4 Å². The van der Waals surface area contributed by atoms with Crippen LogP contribution in [-0.4, -0.2) is 11.7 Å². The Labute approximate surface area is 111 Å². The molecule has 0 aliphatic carbocycles. The third-order valence-electron chi connectivity index (χ3n) is 2.80. The minimum Gasteiger partial charge on any atom is -0.489 e. The fraction of sp³-hybridized carbons (Fsp3) is 0.200. The fourth-order valence-electron chi connectivity index (χ4n) is 1.84. The van der Waals surface area contributed by atoms with Crippen LogP contribution in [0.4, 0.5) is 0 Å². The third-order valence-corrected chi connectivity index (χ3v) is 3.17. The number of aliphatic hydroxyl groups excluding tert-OH is 1. The van der Waals surface area contributed by atoms with E-state index in [-0.39, 0.29) is 6.61 Å². The average molecular weight is 263 g/mol. The first-order valence-corrected chi connectivity index (χ1v) is 6.20. The molecule has 2 aromatic carbocycles. The minimum atomic E-state index is -0.0413. The van der Waals surface area contributed by atoms with E-state index in [2.05, 4.69) is 0 Å². The Morgan fingerprint density at radius 3 is 2.78 bits per heavy atom. The van der Waals surface area contributed by atoms with Gasteiger partial charge in [-0.1, -0.05) is 41.9 Å². The van der Waals surface area contributed by atoms with E-state index in [1.54, 1.807) is 0 Å². The second kappa shape index (κ2) is 5.89. The lowest BCUT2D eigenvalue weighted by atomic mass is 10.0. The van der Waals surface area contributed by atoms with Crippen LogP contribution in [0.5, 0.6) is 5.75 Å². The molecule has 0 amide bonds. The summed E-state index contributed by atoms with van der Waals surface area (Å²) in [6, 6.07) is 11.8. The fourth-order valence-corrected chi connectivity index (χ4v) is 1.90. The molecule has 0 radical (unpaired) electrons. The van der Waals surface area contributed by atoms with E-state index in [0.717, 1.165) is 21.9 Å². The van der Waals surface area contributed by atoms with Gasteiger partial charge < -0.3 is 9.84 Å². The Kier molecular flexibility index (Phi) is 4.24. The number of aliphatic hydroxyl groups is 1. The Bertz CT molecular complexity index is 576. The number of ether oxygens (including phenoxy) is 1. The highest BCUT2D eigenvalue weighted by Crippen LogP contribution is 2.28. The van der Waals surface area contributed by atoms with Crippen LogP contribution in [0.2, 0.25) is 0 Å². The van der Waals surface area contributed by atoms with Crippen molar-refractivity contribution in [2.45, 2.75) is 13.5 Å². The Morgan fingerprint density at radius 1 is 1.28 bits per heavy atom. The molecule has 1 N–H and O–H groups in total. The summed E-state index contributed by atoms with van der Waals surface area (Å²) in [6.07, 6.45) is 0. The topological polar surface area (TPSA) is 29.5 Å². The average Bonchev–Trinajstić information content (AvgIpc) is 2.43. The van der Waals surface area contributed by atoms with E-state index in [1.165, 1.54) is 5.54 Å². The van der Waals surface area contributed by atoms with Gasteiger partial charge in [-0.25, -0.2) is 0 Å². The quantitative estimate of drug-likeness (QED) is 0.907. The van der Waals surface area contributed by atoms with Crippen molar-refractivity contribution in [2.24, 2.45) is 0 Å². The van der Waals surface area contributed by atoms with Crippen LogP contribution >= 0.6 is 11.6 Å². The van der Waals surface area contributed by atoms with Gasteiger partial charge in [0.25, 0.3) is 0 Å².